The third-order valence-corrected chi connectivity index (χ3v) is 2.31. The minimum atomic E-state index is 0.389. The first-order valence-electron chi connectivity index (χ1n) is 4.59. The summed E-state index contributed by atoms with van der Waals surface area (Å²) in [6.07, 6.45) is 0. The molecule has 0 spiro atoms. The summed E-state index contributed by atoms with van der Waals surface area (Å²) in [5, 5.41) is 12.6. The van der Waals surface area contributed by atoms with Crippen LogP contribution in [0.5, 0.6) is 5.75 Å². The SMILES string of the molecule is CNCC(C)c1ccc(C)c(O)c1. The molecule has 0 fully saturated rings. The number of nitrogens with one attached hydrogen (secondary N) is 1. The van der Waals surface area contributed by atoms with Crippen LogP contribution in [0.2, 0.25) is 0 Å². The third kappa shape index (κ3) is 2.46. The number of phenolic OH excluding ortho intramolecular Hbond substituents is 1. The summed E-state index contributed by atoms with van der Waals surface area (Å²) in [5.74, 6) is 0.831. The smallest absolute Gasteiger partial charge is 0.118 e. The number of likely N-dealkylation sites (N-methyl/N-ethyl adjacent to an activating group) is 1. The molecule has 2 nitrogen and oxygen atoms in total. The summed E-state index contributed by atoms with van der Waals surface area (Å²) in [4.78, 5) is 0. The molecule has 0 heterocycles. The first-order valence-corrected chi connectivity index (χ1v) is 4.59. The normalized spacial score (nSPS) is 12.8. The van der Waals surface area contributed by atoms with Crippen LogP contribution in [-0.4, -0.2) is 18.7 Å². The van der Waals surface area contributed by atoms with E-state index in [0.29, 0.717) is 11.7 Å². The van der Waals surface area contributed by atoms with Crippen LogP contribution in [0.25, 0.3) is 0 Å². The van der Waals surface area contributed by atoms with E-state index in [1.165, 1.54) is 5.56 Å². The molecule has 1 aromatic rings. The van der Waals surface area contributed by atoms with Crippen LogP contribution in [0.4, 0.5) is 0 Å². The molecule has 2 heteroatoms. The maximum absolute atomic E-state index is 9.50. The predicted molar refractivity (Wildman–Crippen MR) is 55.2 cm³/mol. The van der Waals surface area contributed by atoms with E-state index in [2.05, 4.69) is 18.3 Å². The Balaban J connectivity index is 2.84. The Bertz CT molecular complexity index is 283. The van der Waals surface area contributed by atoms with Crippen LogP contribution >= 0.6 is 0 Å². The summed E-state index contributed by atoms with van der Waals surface area (Å²) >= 11 is 0. The number of aryl methyl sites for hydroxylation is 1. The molecule has 0 saturated heterocycles. The second kappa shape index (κ2) is 4.28. The van der Waals surface area contributed by atoms with Gasteiger partial charge in [0.25, 0.3) is 0 Å². The van der Waals surface area contributed by atoms with Crippen molar-refractivity contribution in [3.63, 3.8) is 0 Å². The Hall–Kier alpha value is -1.02. The summed E-state index contributed by atoms with van der Waals surface area (Å²) < 4.78 is 0. The first-order chi connectivity index (χ1) is 6.15. The zero-order valence-corrected chi connectivity index (χ0v) is 8.46. The second-order valence-corrected chi connectivity index (χ2v) is 3.50. The summed E-state index contributed by atoms with van der Waals surface area (Å²) in [6, 6.07) is 5.87. The van der Waals surface area contributed by atoms with Crippen molar-refractivity contribution in [2.75, 3.05) is 13.6 Å². The van der Waals surface area contributed by atoms with Crippen molar-refractivity contribution < 1.29 is 5.11 Å². The molecule has 0 bridgehead atoms. The highest BCUT2D eigenvalue weighted by Gasteiger charge is 2.05. The minimum absolute atomic E-state index is 0.389. The van der Waals surface area contributed by atoms with Crippen LogP contribution in [0.3, 0.4) is 0 Å². The second-order valence-electron chi connectivity index (χ2n) is 3.50. The molecule has 1 unspecified atom stereocenters. The number of aromatic hydroxyl groups is 1. The van der Waals surface area contributed by atoms with Crippen LogP contribution in [0.15, 0.2) is 18.2 Å². The highest BCUT2D eigenvalue weighted by molar-refractivity contribution is 5.36. The van der Waals surface area contributed by atoms with Crippen molar-refractivity contribution in [1.29, 1.82) is 0 Å². The molecule has 0 saturated carbocycles. The predicted octanol–water partition coefficient (Wildman–Crippen LogP) is 2.02. The lowest BCUT2D eigenvalue weighted by atomic mass is 9.99. The Kier molecular flexibility index (Phi) is 3.32. The third-order valence-electron chi connectivity index (χ3n) is 2.31. The van der Waals surface area contributed by atoms with Gasteiger partial charge in [0, 0.05) is 6.54 Å². The zero-order chi connectivity index (χ0) is 9.84. The summed E-state index contributed by atoms with van der Waals surface area (Å²) in [7, 11) is 1.94. The molecule has 1 rings (SSSR count). The first kappa shape index (κ1) is 10.1. The maximum atomic E-state index is 9.50. The van der Waals surface area contributed by atoms with Gasteiger partial charge in [-0.25, -0.2) is 0 Å². The lowest BCUT2D eigenvalue weighted by Gasteiger charge is -2.11. The molecule has 13 heavy (non-hydrogen) atoms. The number of rotatable bonds is 3. The molecule has 2 N–H and O–H groups in total. The molecular formula is C11H17NO. The summed E-state index contributed by atoms with van der Waals surface area (Å²) in [5.41, 5.74) is 2.11. The fourth-order valence-corrected chi connectivity index (χ4v) is 1.36. The van der Waals surface area contributed by atoms with Crippen LogP contribution in [-0.2, 0) is 0 Å². The Labute approximate surface area is 79.6 Å². The number of hydrogen-bond donors (Lipinski definition) is 2. The fraction of sp³-hybridized carbons (Fsp3) is 0.455. The van der Waals surface area contributed by atoms with Crippen molar-refractivity contribution in [2.24, 2.45) is 0 Å². The van der Waals surface area contributed by atoms with Crippen molar-refractivity contribution in [2.45, 2.75) is 19.8 Å². The van der Waals surface area contributed by atoms with E-state index in [9.17, 15) is 5.11 Å². The number of hydrogen-bond acceptors (Lipinski definition) is 2. The van der Waals surface area contributed by atoms with Crippen LogP contribution in [0.1, 0.15) is 24.0 Å². The van der Waals surface area contributed by atoms with Gasteiger partial charge in [-0.1, -0.05) is 19.1 Å². The fourth-order valence-electron chi connectivity index (χ4n) is 1.36. The van der Waals surface area contributed by atoms with Gasteiger partial charge < -0.3 is 10.4 Å². The van der Waals surface area contributed by atoms with E-state index in [1.54, 1.807) is 0 Å². The van der Waals surface area contributed by atoms with Gasteiger partial charge in [-0.15, -0.1) is 0 Å². The van der Waals surface area contributed by atoms with E-state index >= 15 is 0 Å². The molecule has 0 aliphatic heterocycles. The molecular weight excluding hydrogens is 162 g/mol. The minimum Gasteiger partial charge on any atom is -0.508 e. The average Bonchev–Trinajstić information content (AvgIpc) is 2.10. The van der Waals surface area contributed by atoms with E-state index in [0.717, 1.165) is 12.1 Å². The van der Waals surface area contributed by atoms with Gasteiger partial charge in [0.05, 0.1) is 0 Å². The topological polar surface area (TPSA) is 32.3 Å². The molecule has 0 amide bonds. The average molecular weight is 179 g/mol. The molecule has 0 aliphatic carbocycles. The number of benzene rings is 1. The lowest BCUT2D eigenvalue weighted by molar-refractivity contribution is 0.469. The van der Waals surface area contributed by atoms with Crippen molar-refractivity contribution in [3.8, 4) is 5.75 Å². The highest BCUT2D eigenvalue weighted by Crippen LogP contribution is 2.22. The lowest BCUT2D eigenvalue weighted by Crippen LogP contribution is -2.14. The quantitative estimate of drug-likeness (QED) is 0.744. The van der Waals surface area contributed by atoms with Gasteiger partial charge in [0.15, 0.2) is 0 Å². The van der Waals surface area contributed by atoms with Crippen molar-refractivity contribution in [1.82, 2.24) is 5.32 Å². The Morgan fingerprint density at radius 1 is 1.46 bits per heavy atom. The highest BCUT2D eigenvalue weighted by atomic mass is 16.3. The monoisotopic (exact) mass is 179 g/mol. The largest absolute Gasteiger partial charge is 0.508 e. The molecule has 1 aromatic carbocycles. The standard InChI is InChI=1S/C11H17NO/c1-8-4-5-10(6-11(8)13)9(2)7-12-3/h4-6,9,12-13H,7H2,1-3H3. The van der Waals surface area contributed by atoms with Crippen molar-refractivity contribution in [3.05, 3.63) is 29.3 Å². The Morgan fingerprint density at radius 3 is 2.69 bits per heavy atom. The van der Waals surface area contributed by atoms with Gasteiger partial charge in [0.1, 0.15) is 5.75 Å². The van der Waals surface area contributed by atoms with Gasteiger partial charge >= 0.3 is 0 Å². The molecule has 0 radical (unpaired) electrons. The molecule has 0 aromatic heterocycles. The maximum Gasteiger partial charge on any atom is 0.118 e. The van der Waals surface area contributed by atoms with E-state index in [-0.39, 0.29) is 0 Å². The van der Waals surface area contributed by atoms with Crippen molar-refractivity contribution >= 4 is 0 Å². The van der Waals surface area contributed by atoms with E-state index < -0.39 is 0 Å². The van der Waals surface area contributed by atoms with Gasteiger partial charge in [-0.2, -0.15) is 0 Å². The van der Waals surface area contributed by atoms with Crippen LogP contribution < -0.4 is 5.32 Å². The Morgan fingerprint density at radius 2 is 2.15 bits per heavy atom. The van der Waals surface area contributed by atoms with Gasteiger partial charge in [0.2, 0.25) is 0 Å². The van der Waals surface area contributed by atoms with Crippen LogP contribution in [0, 0.1) is 6.92 Å². The molecule has 1 atom stereocenters. The zero-order valence-electron chi connectivity index (χ0n) is 8.46. The summed E-state index contributed by atoms with van der Waals surface area (Å²) in [6.45, 7) is 4.98. The molecule has 0 aliphatic rings. The van der Waals surface area contributed by atoms with Gasteiger partial charge in [-0.05, 0) is 37.1 Å². The van der Waals surface area contributed by atoms with E-state index in [1.807, 2.05) is 26.1 Å². The number of phenols is 1. The van der Waals surface area contributed by atoms with Gasteiger partial charge in [-0.3, -0.25) is 0 Å². The van der Waals surface area contributed by atoms with E-state index in [4.69, 9.17) is 0 Å². The molecule has 72 valence electrons.